The third-order valence-corrected chi connectivity index (χ3v) is 6.59. The lowest BCUT2D eigenvalue weighted by Gasteiger charge is -2.41. The van der Waals surface area contributed by atoms with Crippen molar-refractivity contribution < 1.29 is 28.9 Å². The lowest BCUT2D eigenvalue weighted by molar-refractivity contribution is -0.384. The molecule has 1 aliphatic rings. The molecule has 3 rings (SSSR count). The Balaban J connectivity index is 1.77. The predicted molar refractivity (Wildman–Crippen MR) is 138 cm³/mol. The third-order valence-electron chi connectivity index (χ3n) is 5.44. The topological polar surface area (TPSA) is 119 Å². The largest absolute Gasteiger partial charge is 0.444 e. The molecule has 1 fully saturated rings. The molecule has 2 amide bonds. The number of non-ortho nitro benzene ring substituents is 1. The summed E-state index contributed by atoms with van der Waals surface area (Å²) < 4.78 is 5.54. The summed E-state index contributed by atoms with van der Waals surface area (Å²) in [5.74, 6) is 0. The molecular weight excluding hydrogens is 522 g/mol. The number of halogens is 1. The van der Waals surface area contributed by atoms with Crippen molar-refractivity contribution in [3.63, 3.8) is 0 Å². The number of ether oxygens (including phenoxy) is 1. The maximum atomic E-state index is 13.2. The second kappa shape index (κ2) is 12.4. The minimum absolute atomic E-state index is 0.0284. The zero-order valence-electron chi connectivity index (χ0n) is 20.7. The zero-order valence-corrected chi connectivity index (χ0v) is 22.2. The summed E-state index contributed by atoms with van der Waals surface area (Å²) in [7, 11) is 0. The summed E-state index contributed by atoms with van der Waals surface area (Å²) in [6.07, 6.45) is -0.119. The molecule has 10 nitrogen and oxygen atoms in total. The van der Waals surface area contributed by atoms with Crippen LogP contribution in [0.5, 0.6) is 0 Å². The number of likely N-dealkylation sites (tertiary alicyclic amines) is 1. The van der Waals surface area contributed by atoms with Crippen LogP contribution in [0.2, 0.25) is 0 Å². The molecule has 2 atom stereocenters. The molecule has 0 aliphatic carbocycles. The van der Waals surface area contributed by atoms with Crippen LogP contribution in [0.25, 0.3) is 0 Å². The van der Waals surface area contributed by atoms with Crippen molar-refractivity contribution in [2.45, 2.75) is 62.8 Å². The Morgan fingerprint density at radius 1 is 1.11 bits per heavy atom. The quantitative estimate of drug-likeness (QED) is 0.140. The first kappa shape index (κ1) is 28.4. The van der Waals surface area contributed by atoms with Gasteiger partial charge in [0.15, 0.2) is 0 Å². The van der Waals surface area contributed by atoms with Crippen molar-refractivity contribution in [1.82, 2.24) is 9.96 Å². The van der Waals surface area contributed by atoms with E-state index in [1.54, 1.807) is 20.8 Å². The van der Waals surface area contributed by atoms with E-state index in [-0.39, 0.29) is 30.4 Å². The smallest absolute Gasteiger partial charge is 0.411 e. The molecule has 1 saturated heterocycles. The monoisotopic (exact) mass is 549 g/mol. The number of amides is 2. The van der Waals surface area contributed by atoms with Crippen LogP contribution >= 0.6 is 23.4 Å². The summed E-state index contributed by atoms with van der Waals surface area (Å²) in [5.41, 5.74) is -0.0682. The van der Waals surface area contributed by atoms with Gasteiger partial charge in [0.25, 0.3) is 5.69 Å². The van der Waals surface area contributed by atoms with Crippen molar-refractivity contribution >= 4 is 45.6 Å². The Kier molecular flexibility index (Phi) is 9.52. The molecule has 37 heavy (non-hydrogen) atoms. The molecule has 0 unspecified atom stereocenters. The highest BCUT2D eigenvalue weighted by Crippen LogP contribution is 2.31. The number of thioether (sulfide) groups is 1. The first-order valence-corrected chi connectivity index (χ1v) is 12.8. The van der Waals surface area contributed by atoms with Crippen LogP contribution in [0.3, 0.4) is 0 Å². The second-order valence-electron chi connectivity index (χ2n) is 9.39. The van der Waals surface area contributed by atoms with Gasteiger partial charge >= 0.3 is 11.5 Å². The van der Waals surface area contributed by atoms with Crippen molar-refractivity contribution in [2.75, 3.05) is 6.54 Å². The molecule has 0 radical (unpaired) electrons. The molecular formula is C25H28ClN3O7S. The molecule has 198 valence electrons. The standard InChI is InChI=1S/C25H28ClN3O7S/c1-25(2,3)36-24(32)27-15-19(28(23(26)31)35-16-17-7-5-4-6-8-17)11-14-21(27)22(30)37-20-12-9-18(10-13-20)29(33)34/h4-10,12-13,19,21H,11,14-16H2,1-3H3/t19-,21+/m1/s1. The van der Waals surface area contributed by atoms with Gasteiger partial charge < -0.3 is 4.74 Å². The van der Waals surface area contributed by atoms with Crippen LogP contribution < -0.4 is 0 Å². The van der Waals surface area contributed by atoms with Gasteiger partial charge in [-0.25, -0.2) is 9.86 Å². The molecule has 0 saturated carbocycles. The zero-order chi connectivity index (χ0) is 27.2. The minimum atomic E-state index is -0.840. The van der Waals surface area contributed by atoms with Crippen molar-refractivity contribution in [1.29, 1.82) is 0 Å². The van der Waals surface area contributed by atoms with E-state index < -0.39 is 34.1 Å². The number of carbonyl (C=O) groups is 3. The highest BCUT2D eigenvalue weighted by atomic mass is 35.5. The molecule has 1 heterocycles. The van der Waals surface area contributed by atoms with Crippen molar-refractivity contribution in [3.8, 4) is 0 Å². The maximum Gasteiger partial charge on any atom is 0.411 e. The Hall–Kier alpha value is -3.15. The average molecular weight is 550 g/mol. The van der Waals surface area contributed by atoms with E-state index in [0.717, 1.165) is 22.4 Å². The van der Waals surface area contributed by atoms with Crippen LogP contribution in [0.4, 0.5) is 15.3 Å². The van der Waals surface area contributed by atoms with Gasteiger partial charge in [-0.15, -0.1) is 0 Å². The van der Waals surface area contributed by atoms with Crippen LogP contribution in [0.15, 0.2) is 59.5 Å². The first-order valence-electron chi connectivity index (χ1n) is 11.6. The summed E-state index contributed by atoms with van der Waals surface area (Å²) in [5, 5.41) is 10.8. The number of nitro benzene ring substituents is 1. The van der Waals surface area contributed by atoms with E-state index in [1.165, 1.54) is 29.2 Å². The SMILES string of the molecule is CC(C)(C)OC(=O)N1C[C@H](N(OCc2ccccc2)C(=O)Cl)CC[C@H]1C(=O)Sc1ccc([N+](=O)[O-])cc1. The molecule has 1 aliphatic heterocycles. The summed E-state index contributed by atoms with van der Waals surface area (Å²) in [6.45, 7) is 5.21. The van der Waals surface area contributed by atoms with Gasteiger partial charge in [0, 0.05) is 23.6 Å². The van der Waals surface area contributed by atoms with E-state index in [2.05, 4.69) is 0 Å². The van der Waals surface area contributed by atoms with Crippen molar-refractivity contribution in [3.05, 3.63) is 70.3 Å². The van der Waals surface area contributed by atoms with Gasteiger partial charge in [-0.05, 0) is 74.7 Å². The van der Waals surface area contributed by atoms with Crippen molar-refractivity contribution in [2.24, 2.45) is 0 Å². The van der Waals surface area contributed by atoms with E-state index >= 15 is 0 Å². The number of hydroxylamine groups is 2. The number of hydrogen-bond donors (Lipinski definition) is 0. The number of rotatable bonds is 7. The lowest BCUT2D eigenvalue weighted by atomic mass is 9.99. The number of nitro groups is 1. The highest BCUT2D eigenvalue weighted by Gasteiger charge is 2.41. The first-order chi connectivity index (χ1) is 17.4. The second-order valence-corrected chi connectivity index (χ2v) is 10.8. The number of carbonyl (C=O) groups excluding carboxylic acids is 3. The van der Waals surface area contributed by atoms with Gasteiger partial charge in [0.2, 0.25) is 5.12 Å². The fourth-order valence-electron chi connectivity index (χ4n) is 3.75. The van der Waals surface area contributed by atoms with Gasteiger partial charge in [-0.3, -0.25) is 29.4 Å². The molecule has 2 aromatic rings. The molecule has 12 heteroatoms. The van der Waals surface area contributed by atoms with E-state index in [0.29, 0.717) is 11.3 Å². The molecule has 0 N–H and O–H groups in total. The van der Waals surface area contributed by atoms with E-state index in [9.17, 15) is 24.5 Å². The number of nitrogens with zero attached hydrogens (tertiary/aromatic N) is 3. The number of hydrogen-bond acceptors (Lipinski definition) is 8. The molecule has 2 aromatic carbocycles. The number of benzene rings is 2. The predicted octanol–water partition coefficient (Wildman–Crippen LogP) is 5.77. The maximum absolute atomic E-state index is 13.2. The summed E-state index contributed by atoms with van der Waals surface area (Å²) in [4.78, 5) is 56.4. The lowest BCUT2D eigenvalue weighted by Crippen LogP contribution is -2.57. The fraction of sp³-hybridized carbons (Fsp3) is 0.400. The molecule has 0 spiro atoms. The van der Waals surface area contributed by atoms with E-state index in [4.69, 9.17) is 21.2 Å². The van der Waals surface area contributed by atoms with Crippen LogP contribution in [-0.2, 0) is 21.0 Å². The molecule has 0 aromatic heterocycles. The normalized spacial score (nSPS) is 17.7. The minimum Gasteiger partial charge on any atom is -0.444 e. The Morgan fingerprint density at radius 3 is 2.32 bits per heavy atom. The molecule has 0 bridgehead atoms. The van der Waals surface area contributed by atoms with Gasteiger partial charge in [-0.1, -0.05) is 30.3 Å². The fourth-order valence-corrected chi connectivity index (χ4v) is 4.82. The Labute approximate surface area is 223 Å². The van der Waals surface area contributed by atoms with Gasteiger partial charge in [0.05, 0.1) is 11.0 Å². The Bertz CT molecular complexity index is 1130. The highest BCUT2D eigenvalue weighted by molar-refractivity contribution is 8.13. The summed E-state index contributed by atoms with van der Waals surface area (Å²) in [6, 6.07) is 13.4. The van der Waals surface area contributed by atoms with Crippen LogP contribution in [0.1, 0.15) is 39.2 Å². The van der Waals surface area contributed by atoms with Crippen LogP contribution in [0, 0.1) is 10.1 Å². The van der Waals surface area contributed by atoms with Crippen LogP contribution in [-0.4, -0.2) is 55.7 Å². The average Bonchev–Trinajstić information content (AvgIpc) is 2.83. The summed E-state index contributed by atoms with van der Waals surface area (Å²) >= 11 is 6.71. The third kappa shape index (κ3) is 8.17. The van der Waals surface area contributed by atoms with Gasteiger partial charge in [-0.2, -0.15) is 0 Å². The Morgan fingerprint density at radius 2 is 1.76 bits per heavy atom. The van der Waals surface area contributed by atoms with E-state index in [1.807, 2.05) is 30.3 Å². The van der Waals surface area contributed by atoms with Gasteiger partial charge in [0.1, 0.15) is 18.2 Å². The number of piperidine rings is 1.